The molecule has 0 spiro atoms. The number of aromatic nitrogens is 1. The molecule has 4 aromatic rings. The van der Waals surface area contributed by atoms with Gasteiger partial charge in [-0.3, -0.25) is 0 Å². The van der Waals surface area contributed by atoms with Crippen LogP contribution in [0.15, 0.2) is 76.1 Å². The first-order valence-corrected chi connectivity index (χ1v) is 11.2. The zero-order chi connectivity index (χ0) is 21.1. The van der Waals surface area contributed by atoms with Crippen molar-refractivity contribution < 1.29 is 0 Å². The number of thiophene rings is 2. The normalized spacial score (nSPS) is 10.1. The molecule has 0 radical (unpaired) electrons. The van der Waals surface area contributed by atoms with Gasteiger partial charge in [0.2, 0.25) is 0 Å². The van der Waals surface area contributed by atoms with Crippen molar-refractivity contribution >= 4 is 44.2 Å². The fourth-order valence-corrected chi connectivity index (χ4v) is 5.12. The van der Waals surface area contributed by atoms with E-state index in [0.717, 1.165) is 31.3 Å². The Morgan fingerprint density at radius 3 is 2.10 bits per heavy atom. The monoisotopic (exact) mass is 486 g/mol. The second-order valence-electron chi connectivity index (χ2n) is 6.14. The zero-order valence-electron chi connectivity index (χ0n) is 15.3. The predicted molar refractivity (Wildman–Crippen MR) is 124 cm³/mol. The molecular formula is C23H11BrN4S2. The van der Waals surface area contributed by atoms with Crippen LogP contribution in [-0.2, 0) is 0 Å². The lowest BCUT2D eigenvalue weighted by molar-refractivity contribution is 1.10. The third-order valence-corrected chi connectivity index (χ3v) is 6.98. The van der Waals surface area contributed by atoms with Crippen LogP contribution in [-0.4, -0.2) is 4.57 Å². The van der Waals surface area contributed by atoms with E-state index in [1.165, 1.54) is 11.3 Å². The number of nitrogens with zero attached hydrogens (tertiary/aromatic N) is 4. The molecule has 0 aliphatic carbocycles. The SMILES string of the molecule is N#CC(C#N)=C(C#N)c1ccc(-c2ccc(-c3cccs3)n2-c2ccc(Br)cc2)s1. The Morgan fingerprint density at radius 2 is 1.50 bits per heavy atom. The van der Waals surface area contributed by atoms with Crippen LogP contribution < -0.4 is 0 Å². The Balaban J connectivity index is 1.90. The van der Waals surface area contributed by atoms with Crippen LogP contribution in [0.1, 0.15) is 4.88 Å². The summed E-state index contributed by atoms with van der Waals surface area (Å²) in [5, 5.41) is 29.8. The molecule has 142 valence electrons. The second kappa shape index (κ2) is 8.53. The lowest BCUT2D eigenvalue weighted by Gasteiger charge is -2.12. The highest BCUT2D eigenvalue weighted by Crippen LogP contribution is 2.39. The van der Waals surface area contributed by atoms with Gasteiger partial charge in [0.05, 0.1) is 26.7 Å². The lowest BCUT2D eigenvalue weighted by atomic mass is 10.1. The van der Waals surface area contributed by atoms with E-state index in [1.807, 2.05) is 60.0 Å². The quantitative estimate of drug-likeness (QED) is 0.290. The molecule has 1 aromatic carbocycles. The van der Waals surface area contributed by atoms with Gasteiger partial charge in [0.25, 0.3) is 0 Å². The summed E-state index contributed by atoms with van der Waals surface area (Å²) >= 11 is 6.55. The second-order valence-corrected chi connectivity index (χ2v) is 9.09. The van der Waals surface area contributed by atoms with Gasteiger partial charge in [-0.15, -0.1) is 22.7 Å². The molecule has 0 bridgehead atoms. The van der Waals surface area contributed by atoms with Crippen molar-refractivity contribution in [1.82, 2.24) is 4.57 Å². The number of halogens is 1. The summed E-state index contributed by atoms with van der Waals surface area (Å²) in [6.45, 7) is 0. The minimum Gasteiger partial charge on any atom is -0.308 e. The van der Waals surface area contributed by atoms with E-state index in [1.54, 1.807) is 17.4 Å². The van der Waals surface area contributed by atoms with Crippen molar-refractivity contribution in [3.63, 3.8) is 0 Å². The van der Waals surface area contributed by atoms with Crippen LogP contribution in [0, 0.1) is 34.0 Å². The molecule has 0 saturated heterocycles. The Hall–Kier alpha value is -3.41. The highest BCUT2D eigenvalue weighted by Gasteiger charge is 2.18. The van der Waals surface area contributed by atoms with Crippen LogP contribution in [0.5, 0.6) is 0 Å². The average Bonchev–Trinajstić information content (AvgIpc) is 3.52. The van der Waals surface area contributed by atoms with Crippen molar-refractivity contribution in [2.75, 3.05) is 0 Å². The molecule has 0 saturated carbocycles. The topological polar surface area (TPSA) is 76.3 Å². The van der Waals surface area contributed by atoms with Crippen LogP contribution in [0.4, 0.5) is 0 Å². The van der Waals surface area contributed by atoms with Gasteiger partial charge in [0.15, 0.2) is 0 Å². The van der Waals surface area contributed by atoms with E-state index in [0.29, 0.717) is 4.88 Å². The van der Waals surface area contributed by atoms with Gasteiger partial charge < -0.3 is 4.57 Å². The van der Waals surface area contributed by atoms with Gasteiger partial charge in [0.1, 0.15) is 23.8 Å². The zero-order valence-corrected chi connectivity index (χ0v) is 18.6. The molecule has 3 heterocycles. The van der Waals surface area contributed by atoms with Crippen molar-refractivity contribution in [1.29, 1.82) is 15.8 Å². The number of hydrogen-bond acceptors (Lipinski definition) is 5. The fraction of sp³-hybridized carbons (Fsp3) is 0. The van der Waals surface area contributed by atoms with Gasteiger partial charge in [-0.1, -0.05) is 22.0 Å². The lowest BCUT2D eigenvalue weighted by Crippen LogP contribution is -1.97. The van der Waals surface area contributed by atoms with E-state index < -0.39 is 0 Å². The van der Waals surface area contributed by atoms with Gasteiger partial charge in [-0.2, -0.15) is 15.8 Å². The van der Waals surface area contributed by atoms with Crippen molar-refractivity contribution in [2.45, 2.75) is 0 Å². The maximum Gasteiger partial charge on any atom is 0.148 e. The molecule has 3 aromatic heterocycles. The Labute approximate surface area is 189 Å². The van der Waals surface area contributed by atoms with E-state index in [2.05, 4.69) is 38.7 Å². The van der Waals surface area contributed by atoms with Crippen LogP contribution in [0.25, 0.3) is 32.4 Å². The summed E-state index contributed by atoms with van der Waals surface area (Å²) in [5.74, 6) is 0. The molecule has 4 nitrogen and oxygen atoms in total. The largest absolute Gasteiger partial charge is 0.308 e. The molecule has 0 atom stereocenters. The summed E-state index contributed by atoms with van der Waals surface area (Å²) in [6.07, 6.45) is 0. The highest BCUT2D eigenvalue weighted by molar-refractivity contribution is 9.10. The molecule has 0 N–H and O–H groups in total. The Morgan fingerprint density at radius 1 is 0.800 bits per heavy atom. The fourth-order valence-electron chi connectivity index (χ4n) is 3.09. The summed E-state index contributed by atoms with van der Waals surface area (Å²) in [5.41, 5.74) is 3.00. The number of hydrogen-bond donors (Lipinski definition) is 0. The van der Waals surface area contributed by atoms with Crippen molar-refractivity contribution in [2.24, 2.45) is 0 Å². The van der Waals surface area contributed by atoms with Crippen LogP contribution in [0.2, 0.25) is 0 Å². The third kappa shape index (κ3) is 3.61. The van der Waals surface area contributed by atoms with E-state index >= 15 is 0 Å². The summed E-state index contributed by atoms with van der Waals surface area (Å²) in [6, 6.07) is 25.7. The molecule has 7 heteroatoms. The highest BCUT2D eigenvalue weighted by atomic mass is 79.9. The molecular weight excluding hydrogens is 476 g/mol. The summed E-state index contributed by atoms with van der Waals surface area (Å²) in [4.78, 5) is 2.69. The minimum atomic E-state index is -0.173. The minimum absolute atomic E-state index is 0.108. The van der Waals surface area contributed by atoms with Crippen molar-refractivity contribution in [3.05, 3.63) is 81.0 Å². The van der Waals surface area contributed by atoms with Crippen LogP contribution in [0.3, 0.4) is 0 Å². The first-order valence-electron chi connectivity index (χ1n) is 8.73. The molecule has 0 amide bonds. The average molecular weight is 487 g/mol. The van der Waals surface area contributed by atoms with Gasteiger partial charge in [-0.25, -0.2) is 0 Å². The van der Waals surface area contributed by atoms with Gasteiger partial charge in [-0.05, 0) is 60.0 Å². The Kier molecular flexibility index (Phi) is 5.65. The molecule has 0 aliphatic rings. The first kappa shape index (κ1) is 19.9. The first-order chi connectivity index (χ1) is 14.7. The molecule has 0 aliphatic heterocycles. The van der Waals surface area contributed by atoms with Gasteiger partial charge >= 0.3 is 0 Å². The van der Waals surface area contributed by atoms with Crippen molar-refractivity contribution in [3.8, 4) is 45.0 Å². The summed E-state index contributed by atoms with van der Waals surface area (Å²) in [7, 11) is 0. The molecule has 4 rings (SSSR count). The van der Waals surface area contributed by atoms with E-state index in [-0.39, 0.29) is 11.1 Å². The Bertz CT molecular complexity index is 1350. The molecule has 30 heavy (non-hydrogen) atoms. The number of rotatable bonds is 4. The number of benzene rings is 1. The summed E-state index contributed by atoms with van der Waals surface area (Å²) < 4.78 is 3.18. The number of nitriles is 3. The van der Waals surface area contributed by atoms with E-state index in [9.17, 15) is 5.26 Å². The third-order valence-electron chi connectivity index (χ3n) is 4.43. The maximum atomic E-state index is 9.47. The predicted octanol–water partition coefficient (Wildman–Crippen LogP) is 7.02. The molecule has 0 unspecified atom stereocenters. The standard InChI is InChI=1S/C23H11BrN4S2/c24-16-3-5-17(6-4-16)28-19(22-2-1-11-29-22)7-8-20(28)23-10-9-21(30-23)18(14-27)15(12-25)13-26/h1-11H. The van der Waals surface area contributed by atoms with Gasteiger partial charge in [0, 0.05) is 15.0 Å². The maximum absolute atomic E-state index is 9.47. The van der Waals surface area contributed by atoms with Crippen LogP contribution >= 0.6 is 38.6 Å². The van der Waals surface area contributed by atoms with E-state index in [4.69, 9.17) is 10.5 Å². The smallest absolute Gasteiger partial charge is 0.148 e. The number of allylic oxidation sites excluding steroid dienone is 2. The molecule has 0 fully saturated rings.